The van der Waals surface area contributed by atoms with Crippen LogP contribution in [0.15, 0.2) is 91.0 Å². The zero-order valence-corrected chi connectivity index (χ0v) is 27.3. The van der Waals surface area contributed by atoms with Crippen LogP contribution in [0.3, 0.4) is 0 Å². The van der Waals surface area contributed by atoms with E-state index in [1.54, 1.807) is 0 Å². The summed E-state index contributed by atoms with van der Waals surface area (Å²) in [6.07, 6.45) is 2.39. The van der Waals surface area contributed by atoms with E-state index in [1.807, 2.05) is 48.5 Å². The molecule has 248 valence electrons. The number of aliphatic hydroxyl groups excluding tert-OH is 1. The lowest BCUT2D eigenvalue weighted by Crippen LogP contribution is -2.38. The Balaban J connectivity index is 1.23. The second-order valence-corrected chi connectivity index (χ2v) is 12.5. The molecular formula is C39H46N2O6. The van der Waals surface area contributed by atoms with Crippen molar-refractivity contribution in [2.75, 3.05) is 13.6 Å². The van der Waals surface area contributed by atoms with Crippen molar-refractivity contribution in [1.29, 1.82) is 0 Å². The first kappa shape index (κ1) is 34.3. The van der Waals surface area contributed by atoms with Crippen LogP contribution in [0.25, 0.3) is 10.8 Å². The number of aliphatic carboxylic acids is 1. The van der Waals surface area contributed by atoms with Crippen LogP contribution in [0, 0.1) is 0 Å². The second kappa shape index (κ2) is 16.7. The Labute approximate surface area is 277 Å². The van der Waals surface area contributed by atoms with Gasteiger partial charge in [0.05, 0.1) is 18.8 Å². The number of carboxylic acids is 1. The topological polar surface area (TPSA) is 108 Å². The Morgan fingerprint density at radius 1 is 0.851 bits per heavy atom. The highest BCUT2D eigenvalue weighted by molar-refractivity contribution is 5.83. The van der Waals surface area contributed by atoms with Crippen molar-refractivity contribution in [3.8, 4) is 0 Å². The normalized spacial score (nSPS) is 18.7. The molecule has 8 nitrogen and oxygen atoms in total. The fourth-order valence-electron chi connectivity index (χ4n) is 6.05. The highest BCUT2D eigenvalue weighted by Gasteiger charge is 2.33. The Morgan fingerprint density at radius 3 is 2.26 bits per heavy atom. The number of benzene rings is 4. The average Bonchev–Trinajstić information content (AvgIpc) is 3.10. The number of likely N-dealkylation sites (N-methyl/N-ethyl adjacent to an activating group) is 1. The Morgan fingerprint density at radius 2 is 1.53 bits per heavy atom. The number of aliphatic hydroxyl groups is 1. The second-order valence-electron chi connectivity index (χ2n) is 12.5. The van der Waals surface area contributed by atoms with E-state index in [9.17, 15) is 14.7 Å². The number of carboxylic acid groups (broad SMARTS) is 1. The third-order valence-corrected chi connectivity index (χ3v) is 9.06. The maximum atomic E-state index is 12.3. The molecule has 47 heavy (non-hydrogen) atoms. The lowest BCUT2D eigenvalue weighted by Gasteiger charge is -2.39. The predicted molar refractivity (Wildman–Crippen MR) is 182 cm³/mol. The molecule has 3 N–H and O–H groups in total. The molecule has 0 aromatic heterocycles. The number of hydrogen-bond donors (Lipinski definition) is 3. The van der Waals surface area contributed by atoms with Crippen LogP contribution in [-0.4, -0.2) is 46.7 Å². The fourth-order valence-corrected chi connectivity index (χ4v) is 6.05. The minimum Gasteiger partial charge on any atom is -0.481 e. The van der Waals surface area contributed by atoms with Crippen molar-refractivity contribution in [2.24, 2.45) is 0 Å². The van der Waals surface area contributed by atoms with Gasteiger partial charge in [-0.15, -0.1) is 0 Å². The zero-order valence-electron chi connectivity index (χ0n) is 27.3. The van der Waals surface area contributed by atoms with Crippen LogP contribution in [0.5, 0.6) is 0 Å². The first-order valence-electron chi connectivity index (χ1n) is 16.6. The number of ether oxygens (including phenoxy) is 2. The molecule has 1 saturated heterocycles. The molecule has 0 radical (unpaired) electrons. The first-order valence-corrected chi connectivity index (χ1v) is 16.6. The monoisotopic (exact) mass is 638 g/mol. The molecule has 1 fully saturated rings. The average molecular weight is 639 g/mol. The van der Waals surface area contributed by atoms with Gasteiger partial charge in [0, 0.05) is 44.0 Å². The summed E-state index contributed by atoms with van der Waals surface area (Å²) in [7, 11) is 2.14. The first-order chi connectivity index (χ1) is 22.8. The highest BCUT2D eigenvalue weighted by atomic mass is 16.7. The standard InChI is InChI=1S/C39H46N2O6/c1-27(33-21-20-30-8-6-7-9-34(30)22-33)41(2)25-35-23-36(31-16-14-29(26-42)15-17-31)47-39(46-35)32-18-12-28(13-19-32)24-40-37(43)10-4-3-5-11-38(44)45/h6-9,12-22,27,35-36,39,42H,3-5,10-11,23-26H2,1-2H3,(H,40,43)(H,44,45)/t27-,35-,36+,39+/m1/s1. The molecule has 1 aliphatic heterocycles. The van der Waals surface area contributed by atoms with Gasteiger partial charge in [0.1, 0.15) is 0 Å². The van der Waals surface area contributed by atoms with Gasteiger partial charge in [-0.25, -0.2) is 0 Å². The van der Waals surface area contributed by atoms with Crippen LogP contribution in [-0.2, 0) is 32.2 Å². The van der Waals surface area contributed by atoms with Crippen molar-refractivity contribution in [1.82, 2.24) is 10.2 Å². The number of carbonyl (C=O) groups excluding carboxylic acids is 1. The van der Waals surface area contributed by atoms with Crippen LogP contribution < -0.4 is 5.32 Å². The van der Waals surface area contributed by atoms with E-state index >= 15 is 0 Å². The summed E-state index contributed by atoms with van der Waals surface area (Å²) in [5.41, 5.74) is 5.05. The minimum atomic E-state index is -0.802. The van der Waals surface area contributed by atoms with Gasteiger partial charge in [-0.3, -0.25) is 14.5 Å². The Kier molecular flexibility index (Phi) is 12.1. The molecule has 1 amide bonds. The van der Waals surface area contributed by atoms with E-state index in [2.05, 4.69) is 66.7 Å². The summed E-state index contributed by atoms with van der Waals surface area (Å²) in [6.45, 7) is 3.36. The molecule has 1 heterocycles. The molecule has 4 atom stereocenters. The molecule has 0 bridgehead atoms. The van der Waals surface area contributed by atoms with Gasteiger partial charge in [-0.1, -0.05) is 91.3 Å². The molecule has 4 aromatic rings. The number of nitrogens with one attached hydrogen (secondary N) is 1. The Bertz CT molecular complexity index is 1610. The highest BCUT2D eigenvalue weighted by Crippen LogP contribution is 2.39. The molecule has 0 aliphatic carbocycles. The van der Waals surface area contributed by atoms with E-state index in [0.717, 1.165) is 35.2 Å². The summed E-state index contributed by atoms with van der Waals surface area (Å²) in [6, 6.07) is 31.1. The molecule has 1 aliphatic rings. The third-order valence-electron chi connectivity index (χ3n) is 9.06. The quantitative estimate of drug-likeness (QED) is 0.118. The van der Waals surface area contributed by atoms with E-state index in [4.69, 9.17) is 14.6 Å². The number of rotatable bonds is 15. The molecule has 5 rings (SSSR count). The molecule has 0 unspecified atom stereocenters. The van der Waals surface area contributed by atoms with Crippen molar-refractivity contribution in [3.63, 3.8) is 0 Å². The number of amides is 1. The van der Waals surface area contributed by atoms with E-state index in [-0.39, 0.29) is 37.2 Å². The molecule has 8 heteroatoms. The number of hydrogen-bond acceptors (Lipinski definition) is 6. The number of carbonyl (C=O) groups is 2. The van der Waals surface area contributed by atoms with Crippen LogP contribution in [0.4, 0.5) is 0 Å². The summed E-state index contributed by atoms with van der Waals surface area (Å²) in [4.78, 5) is 25.3. The smallest absolute Gasteiger partial charge is 0.303 e. The van der Waals surface area contributed by atoms with Crippen molar-refractivity contribution >= 4 is 22.6 Å². The van der Waals surface area contributed by atoms with Crippen molar-refractivity contribution in [2.45, 2.75) is 83.1 Å². The zero-order chi connectivity index (χ0) is 33.2. The summed E-state index contributed by atoms with van der Waals surface area (Å²) < 4.78 is 13.1. The number of nitrogens with zero attached hydrogens (tertiary/aromatic N) is 1. The van der Waals surface area contributed by atoms with E-state index in [0.29, 0.717) is 32.2 Å². The van der Waals surface area contributed by atoms with Crippen molar-refractivity contribution < 1.29 is 29.3 Å². The molecule has 0 saturated carbocycles. The van der Waals surface area contributed by atoms with Gasteiger partial charge in [0.15, 0.2) is 6.29 Å². The largest absolute Gasteiger partial charge is 0.481 e. The van der Waals surface area contributed by atoms with E-state index in [1.165, 1.54) is 16.3 Å². The molecule has 4 aromatic carbocycles. The van der Waals surface area contributed by atoms with Gasteiger partial charge in [-0.2, -0.15) is 0 Å². The van der Waals surface area contributed by atoms with Crippen molar-refractivity contribution in [3.05, 3.63) is 119 Å². The van der Waals surface area contributed by atoms with Gasteiger partial charge >= 0.3 is 5.97 Å². The number of unbranched alkanes of at least 4 members (excludes halogenated alkanes) is 2. The van der Waals surface area contributed by atoms with Crippen LogP contribution in [0.1, 0.15) is 91.7 Å². The maximum Gasteiger partial charge on any atom is 0.303 e. The fraction of sp³-hybridized carbons (Fsp3) is 0.385. The summed E-state index contributed by atoms with van der Waals surface area (Å²) in [5, 5.41) is 23.7. The molecular weight excluding hydrogens is 592 g/mol. The lowest BCUT2D eigenvalue weighted by molar-refractivity contribution is -0.253. The van der Waals surface area contributed by atoms with Crippen LogP contribution in [0.2, 0.25) is 0 Å². The van der Waals surface area contributed by atoms with E-state index < -0.39 is 12.3 Å². The summed E-state index contributed by atoms with van der Waals surface area (Å²) in [5.74, 6) is -0.841. The van der Waals surface area contributed by atoms with Gasteiger partial charge < -0.3 is 25.0 Å². The SMILES string of the molecule is C[C@H](c1ccc2ccccc2c1)N(C)C[C@H]1C[C@@H](c2ccc(CO)cc2)O[C@@H](c2ccc(CNC(=O)CCCCCC(=O)O)cc2)O1. The Hall–Kier alpha value is -4.08. The minimum absolute atomic E-state index is 0.00276. The van der Waals surface area contributed by atoms with Gasteiger partial charge in [-0.05, 0) is 65.9 Å². The predicted octanol–water partition coefficient (Wildman–Crippen LogP) is 7.22. The number of fused-ring (bicyclic) bond motifs is 1. The summed E-state index contributed by atoms with van der Waals surface area (Å²) >= 11 is 0. The third kappa shape index (κ3) is 9.72. The van der Waals surface area contributed by atoms with Gasteiger partial charge in [0.25, 0.3) is 0 Å². The lowest BCUT2D eigenvalue weighted by atomic mass is 9.98. The van der Waals surface area contributed by atoms with Gasteiger partial charge in [0.2, 0.25) is 5.91 Å². The van der Waals surface area contributed by atoms with Crippen LogP contribution >= 0.6 is 0 Å². The molecule has 0 spiro atoms. The maximum absolute atomic E-state index is 12.3.